The maximum atomic E-state index is 13.6. The normalized spacial score (nSPS) is 15.7. The molecule has 3 rings (SSSR count). The minimum absolute atomic E-state index is 0.241. The van der Waals surface area contributed by atoms with Crippen LogP contribution in [0, 0.1) is 5.82 Å². The van der Waals surface area contributed by atoms with Crippen molar-refractivity contribution in [2.24, 2.45) is 4.99 Å². The van der Waals surface area contributed by atoms with E-state index < -0.39 is 0 Å². The van der Waals surface area contributed by atoms with Crippen molar-refractivity contribution in [3.63, 3.8) is 0 Å². The molecule has 2 aromatic carbocycles. The van der Waals surface area contributed by atoms with Gasteiger partial charge in [-0.05, 0) is 41.8 Å². The third-order valence-electron chi connectivity index (χ3n) is 3.51. The van der Waals surface area contributed by atoms with Gasteiger partial charge in [0.25, 0.3) is 5.91 Å². The van der Waals surface area contributed by atoms with Gasteiger partial charge in [0.1, 0.15) is 17.3 Å². The summed E-state index contributed by atoms with van der Waals surface area (Å²) >= 11 is 5.83. The highest BCUT2D eigenvalue weighted by Gasteiger charge is 2.19. The van der Waals surface area contributed by atoms with Crippen molar-refractivity contribution < 1.29 is 9.18 Å². The Morgan fingerprint density at radius 1 is 1.09 bits per heavy atom. The molecule has 5 heteroatoms. The van der Waals surface area contributed by atoms with Gasteiger partial charge in [-0.15, -0.1) is 0 Å². The Labute approximate surface area is 138 Å². The molecule has 0 atom stereocenters. The lowest BCUT2D eigenvalue weighted by Gasteiger charge is -2.02. The van der Waals surface area contributed by atoms with Crippen molar-refractivity contribution in [3.05, 3.63) is 76.2 Å². The van der Waals surface area contributed by atoms with E-state index in [1.54, 1.807) is 36.4 Å². The van der Waals surface area contributed by atoms with Crippen LogP contribution in [0.4, 0.5) is 4.39 Å². The predicted octanol–water partition coefficient (Wildman–Crippen LogP) is 3.98. The molecule has 23 heavy (non-hydrogen) atoms. The van der Waals surface area contributed by atoms with Crippen LogP contribution in [0.1, 0.15) is 17.5 Å². The molecule has 1 N–H and O–H groups in total. The Bertz CT molecular complexity index is 797. The van der Waals surface area contributed by atoms with Gasteiger partial charge in [-0.2, -0.15) is 0 Å². The van der Waals surface area contributed by atoms with Crippen LogP contribution in [0.3, 0.4) is 0 Å². The molecule has 0 aromatic heterocycles. The van der Waals surface area contributed by atoms with Gasteiger partial charge in [-0.25, -0.2) is 9.38 Å². The largest absolute Gasteiger partial charge is 0.309 e. The van der Waals surface area contributed by atoms with Crippen molar-refractivity contribution in [1.29, 1.82) is 0 Å². The second kappa shape index (κ2) is 6.75. The SMILES string of the molecule is O=C1NC(CCc2ccccc2F)=N/C1=C/c1ccc(Cl)cc1. The minimum atomic E-state index is -0.247. The molecule has 1 aliphatic rings. The number of nitrogens with one attached hydrogen (secondary N) is 1. The Hall–Kier alpha value is -2.46. The Morgan fingerprint density at radius 3 is 2.57 bits per heavy atom. The zero-order valence-corrected chi connectivity index (χ0v) is 13.0. The molecule has 0 saturated heterocycles. The summed E-state index contributed by atoms with van der Waals surface area (Å²) in [6.07, 6.45) is 2.66. The fourth-order valence-corrected chi connectivity index (χ4v) is 2.43. The van der Waals surface area contributed by atoms with Gasteiger partial charge in [-0.1, -0.05) is 41.9 Å². The highest BCUT2D eigenvalue weighted by molar-refractivity contribution is 6.30. The van der Waals surface area contributed by atoms with Crippen LogP contribution in [-0.2, 0) is 11.2 Å². The van der Waals surface area contributed by atoms with Crippen LogP contribution in [0.25, 0.3) is 6.08 Å². The van der Waals surface area contributed by atoms with Gasteiger partial charge in [0.05, 0.1) is 0 Å². The van der Waals surface area contributed by atoms with Gasteiger partial charge in [-0.3, -0.25) is 4.79 Å². The maximum Gasteiger partial charge on any atom is 0.275 e. The number of rotatable bonds is 4. The van der Waals surface area contributed by atoms with E-state index in [2.05, 4.69) is 10.3 Å². The van der Waals surface area contributed by atoms with Crippen molar-refractivity contribution >= 4 is 29.4 Å². The fourth-order valence-electron chi connectivity index (χ4n) is 2.31. The monoisotopic (exact) mass is 328 g/mol. The number of aryl methyl sites for hydroxylation is 1. The smallest absolute Gasteiger partial charge is 0.275 e. The van der Waals surface area contributed by atoms with Gasteiger partial charge in [0.2, 0.25) is 0 Å². The zero-order valence-electron chi connectivity index (χ0n) is 12.2. The van der Waals surface area contributed by atoms with E-state index in [4.69, 9.17) is 11.6 Å². The second-order valence-electron chi connectivity index (χ2n) is 5.19. The molecular formula is C18H14ClFN2O. The molecule has 0 unspecified atom stereocenters. The molecule has 1 aliphatic heterocycles. The van der Waals surface area contributed by atoms with E-state index >= 15 is 0 Å². The van der Waals surface area contributed by atoms with Crippen LogP contribution >= 0.6 is 11.6 Å². The third kappa shape index (κ3) is 3.85. The zero-order chi connectivity index (χ0) is 16.2. The average molecular weight is 329 g/mol. The van der Waals surface area contributed by atoms with Crippen LogP contribution in [0.15, 0.2) is 59.2 Å². The highest BCUT2D eigenvalue weighted by atomic mass is 35.5. The molecule has 0 bridgehead atoms. The minimum Gasteiger partial charge on any atom is -0.309 e. The molecular weight excluding hydrogens is 315 g/mol. The van der Waals surface area contributed by atoms with E-state index in [1.165, 1.54) is 6.07 Å². The van der Waals surface area contributed by atoms with Gasteiger partial charge in [0, 0.05) is 11.4 Å². The number of aliphatic imine (C=N–C) groups is 1. The summed E-state index contributed by atoms with van der Waals surface area (Å²) in [6.45, 7) is 0. The number of benzene rings is 2. The van der Waals surface area contributed by atoms with E-state index in [1.807, 2.05) is 12.1 Å². The fraction of sp³-hybridized carbons (Fsp3) is 0.111. The predicted molar refractivity (Wildman–Crippen MR) is 89.7 cm³/mol. The van der Waals surface area contributed by atoms with Crippen LogP contribution in [-0.4, -0.2) is 11.7 Å². The summed E-state index contributed by atoms with van der Waals surface area (Å²) in [5, 5.41) is 3.36. The lowest BCUT2D eigenvalue weighted by Crippen LogP contribution is -2.24. The quantitative estimate of drug-likeness (QED) is 0.847. The number of amides is 1. The molecule has 1 amide bonds. The van der Waals surface area contributed by atoms with Crippen LogP contribution < -0.4 is 5.32 Å². The number of hydrogen-bond acceptors (Lipinski definition) is 2. The van der Waals surface area contributed by atoms with E-state index in [0.717, 1.165) is 5.56 Å². The lowest BCUT2D eigenvalue weighted by atomic mass is 10.1. The summed E-state index contributed by atoms with van der Waals surface area (Å²) < 4.78 is 13.6. The molecule has 3 nitrogen and oxygen atoms in total. The number of halogens is 2. The van der Waals surface area contributed by atoms with Crippen LogP contribution in [0.5, 0.6) is 0 Å². The number of nitrogens with zero attached hydrogens (tertiary/aromatic N) is 1. The summed E-state index contributed by atoms with van der Waals surface area (Å²) in [6, 6.07) is 13.7. The summed E-state index contributed by atoms with van der Waals surface area (Å²) in [5.74, 6) is 0.0660. The molecule has 0 aliphatic carbocycles. The Balaban J connectivity index is 1.71. The first-order chi connectivity index (χ1) is 11.1. The van der Waals surface area contributed by atoms with Crippen molar-refractivity contribution in [3.8, 4) is 0 Å². The molecule has 0 saturated carbocycles. The van der Waals surface area contributed by atoms with Crippen LogP contribution in [0.2, 0.25) is 5.02 Å². The Kier molecular flexibility index (Phi) is 4.53. The molecule has 1 heterocycles. The summed E-state index contributed by atoms with van der Waals surface area (Å²) in [7, 11) is 0. The summed E-state index contributed by atoms with van der Waals surface area (Å²) in [5.41, 5.74) is 1.80. The van der Waals surface area contributed by atoms with Crippen molar-refractivity contribution in [2.75, 3.05) is 0 Å². The van der Waals surface area contributed by atoms with E-state index in [9.17, 15) is 9.18 Å². The Morgan fingerprint density at radius 2 is 1.83 bits per heavy atom. The van der Waals surface area contributed by atoms with Gasteiger partial charge >= 0.3 is 0 Å². The van der Waals surface area contributed by atoms with Gasteiger partial charge in [0.15, 0.2) is 0 Å². The molecule has 0 fully saturated rings. The van der Waals surface area contributed by atoms with Crippen molar-refractivity contribution in [1.82, 2.24) is 5.32 Å². The number of carbonyl (C=O) groups is 1. The number of hydrogen-bond donors (Lipinski definition) is 1. The molecule has 0 radical (unpaired) electrons. The molecule has 116 valence electrons. The maximum absolute atomic E-state index is 13.6. The van der Waals surface area contributed by atoms with Crippen molar-refractivity contribution in [2.45, 2.75) is 12.8 Å². The topological polar surface area (TPSA) is 41.5 Å². The summed E-state index contributed by atoms with van der Waals surface area (Å²) in [4.78, 5) is 16.2. The van der Waals surface area contributed by atoms with Gasteiger partial charge < -0.3 is 5.32 Å². The van der Waals surface area contributed by atoms with E-state index in [0.29, 0.717) is 35.0 Å². The first-order valence-corrected chi connectivity index (χ1v) is 7.59. The average Bonchev–Trinajstić information content (AvgIpc) is 2.89. The number of amidine groups is 1. The first-order valence-electron chi connectivity index (χ1n) is 7.21. The highest BCUT2D eigenvalue weighted by Crippen LogP contribution is 2.17. The number of carbonyl (C=O) groups excluding carboxylic acids is 1. The first kappa shape index (κ1) is 15.4. The van der Waals surface area contributed by atoms with E-state index in [-0.39, 0.29) is 11.7 Å². The molecule has 2 aromatic rings. The molecule has 0 spiro atoms. The second-order valence-corrected chi connectivity index (χ2v) is 5.62. The standard InChI is InChI=1S/C18H14ClFN2O/c19-14-8-5-12(6-9-14)11-16-18(23)22-17(21-16)10-7-13-3-1-2-4-15(13)20/h1-6,8-9,11H,7,10H2,(H,21,22,23)/b16-11+. The third-order valence-corrected chi connectivity index (χ3v) is 3.76. The lowest BCUT2D eigenvalue weighted by molar-refractivity contribution is -0.115.